The summed E-state index contributed by atoms with van der Waals surface area (Å²) in [6, 6.07) is 79.8. The van der Waals surface area contributed by atoms with Crippen molar-refractivity contribution in [2.24, 2.45) is 0 Å². The van der Waals surface area contributed by atoms with Crippen LogP contribution in [0.4, 0.5) is 0 Å². The number of benzene rings is 10. The number of hydrogen-bond acceptors (Lipinski definition) is 5. The summed E-state index contributed by atoms with van der Waals surface area (Å²) in [5.74, 6) is 1.66. The molecule has 10 aromatic carbocycles. The average molecular weight is 912 g/mol. The second-order valence-corrected chi connectivity index (χ2v) is 19.0. The van der Waals surface area contributed by atoms with Gasteiger partial charge in [0, 0.05) is 74.9 Å². The Kier molecular flexibility index (Phi) is 8.43. The van der Waals surface area contributed by atoms with Gasteiger partial charge in [-0.15, -0.1) is 11.3 Å². The van der Waals surface area contributed by atoms with Crippen molar-refractivity contribution >= 4 is 97.1 Å². The topological polar surface area (TPSA) is 61.7 Å². The molecule has 0 aliphatic heterocycles. The van der Waals surface area contributed by atoms with Gasteiger partial charge in [0.15, 0.2) is 11.6 Å². The van der Waals surface area contributed by atoms with E-state index >= 15 is 0 Å². The minimum Gasteiger partial charge on any atom is -0.456 e. The van der Waals surface area contributed by atoms with E-state index in [1.807, 2.05) is 29.5 Å². The molecule has 0 aliphatic carbocycles. The predicted octanol–water partition coefficient (Wildman–Crippen LogP) is 17.0. The Balaban J connectivity index is 0.928. The Morgan fingerprint density at radius 1 is 0.343 bits per heavy atom. The van der Waals surface area contributed by atoms with Gasteiger partial charge in [-0.1, -0.05) is 164 Å². The Morgan fingerprint density at radius 2 is 0.886 bits per heavy atom. The van der Waals surface area contributed by atoms with Gasteiger partial charge in [0.2, 0.25) is 5.95 Å². The first-order chi connectivity index (χ1) is 34.7. The third-order valence-electron chi connectivity index (χ3n) is 14.0. The third-order valence-corrected chi connectivity index (χ3v) is 15.2. The Hall–Kier alpha value is -9.17. The van der Waals surface area contributed by atoms with Crippen LogP contribution in [0.5, 0.6) is 0 Å². The summed E-state index contributed by atoms with van der Waals surface area (Å²) in [5, 5.41) is 9.38. The van der Waals surface area contributed by atoms with Crippen LogP contribution in [0.1, 0.15) is 0 Å². The highest BCUT2D eigenvalue weighted by atomic mass is 32.1. The molecule has 5 heterocycles. The number of nitrogens with zero attached hydrogens (tertiary/aromatic N) is 5. The molecule has 0 saturated carbocycles. The van der Waals surface area contributed by atoms with Gasteiger partial charge in [-0.25, -0.2) is 4.98 Å². The molecule has 7 heteroatoms. The van der Waals surface area contributed by atoms with Crippen LogP contribution in [0.3, 0.4) is 0 Å². The molecule has 0 aliphatic rings. The maximum Gasteiger partial charge on any atom is 0.238 e. The highest BCUT2D eigenvalue weighted by Gasteiger charge is 2.21. The molecular formula is C63H37N5OS. The normalized spacial score (nSPS) is 12.0. The van der Waals surface area contributed by atoms with Crippen LogP contribution in [-0.4, -0.2) is 24.1 Å². The van der Waals surface area contributed by atoms with Crippen LogP contribution in [0, 0.1) is 0 Å². The number of aromatic nitrogens is 5. The molecule has 0 radical (unpaired) electrons. The van der Waals surface area contributed by atoms with E-state index in [9.17, 15) is 0 Å². The van der Waals surface area contributed by atoms with Crippen LogP contribution in [0.2, 0.25) is 0 Å². The van der Waals surface area contributed by atoms with Crippen LogP contribution >= 0.6 is 11.3 Å². The molecule has 15 aromatic rings. The van der Waals surface area contributed by atoms with Crippen molar-refractivity contribution in [3.8, 4) is 56.7 Å². The summed E-state index contributed by atoms with van der Waals surface area (Å²) in [6.07, 6.45) is 0. The standard InChI is InChI=1S/C63H37N5OS/c1-7-29-54-45(19-1)46-20-2-8-30-55(46)68(54)63-65-61(64-62(66-63)41-33-34-49-48-22-4-9-31-56(48)69-57(49)37-41)40-17-12-18-42(36-40)67-53-28-6-3-21-47(53)51-26-13-24-43(59(51)67)38-15-11-16-39(35-38)44-25-14-27-52-50-23-5-10-32-58(50)70-60(44)52/h1-37H. The molecule has 0 spiro atoms. The number of hydrogen-bond donors (Lipinski definition) is 0. The Bertz CT molecular complexity index is 4580. The smallest absolute Gasteiger partial charge is 0.238 e. The van der Waals surface area contributed by atoms with Crippen molar-refractivity contribution in [3.63, 3.8) is 0 Å². The molecule has 326 valence electrons. The molecule has 0 fully saturated rings. The van der Waals surface area contributed by atoms with E-state index in [0.29, 0.717) is 17.6 Å². The fourth-order valence-corrected chi connectivity index (χ4v) is 12.1. The minimum absolute atomic E-state index is 0.540. The molecule has 5 aromatic heterocycles. The lowest BCUT2D eigenvalue weighted by molar-refractivity contribution is 0.669. The number of thiophene rings is 1. The van der Waals surface area contributed by atoms with Gasteiger partial charge in [0.25, 0.3) is 0 Å². The number of furan rings is 1. The summed E-state index contributed by atoms with van der Waals surface area (Å²) in [6.45, 7) is 0. The first kappa shape index (κ1) is 38.9. The number of para-hydroxylation sites is 5. The van der Waals surface area contributed by atoms with Gasteiger partial charge in [-0.3, -0.25) is 4.57 Å². The Labute approximate surface area is 404 Å². The van der Waals surface area contributed by atoms with E-state index in [1.165, 1.54) is 42.1 Å². The maximum atomic E-state index is 6.39. The quantitative estimate of drug-likeness (QED) is 0.167. The van der Waals surface area contributed by atoms with Crippen LogP contribution in [0.15, 0.2) is 229 Å². The van der Waals surface area contributed by atoms with Crippen LogP contribution < -0.4 is 0 Å². The van der Waals surface area contributed by atoms with Gasteiger partial charge < -0.3 is 8.98 Å². The zero-order valence-corrected chi connectivity index (χ0v) is 38.2. The number of rotatable bonds is 6. The van der Waals surface area contributed by atoms with Crippen LogP contribution in [-0.2, 0) is 0 Å². The zero-order valence-electron chi connectivity index (χ0n) is 37.4. The van der Waals surface area contributed by atoms with Gasteiger partial charge in [-0.05, 0) is 77.4 Å². The lowest BCUT2D eigenvalue weighted by Crippen LogP contribution is -2.06. The average Bonchev–Trinajstić information content (AvgIpc) is 4.18. The molecular weight excluding hydrogens is 875 g/mol. The van der Waals surface area contributed by atoms with Gasteiger partial charge in [-0.2, -0.15) is 9.97 Å². The fraction of sp³-hybridized carbons (Fsp3) is 0. The first-order valence-electron chi connectivity index (χ1n) is 23.5. The lowest BCUT2D eigenvalue weighted by atomic mass is 9.96. The van der Waals surface area contributed by atoms with Crippen molar-refractivity contribution in [1.82, 2.24) is 24.1 Å². The van der Waals surface area contributed by atoms with Crippen molar-refractivity contribution in [2.75, 3.05) is 0 Å². The van der Waals surface area contributed by atoms with E-state index in [-0.39, 0.29) is 0 Å². The maximum absolute atomic E-state index is 6.39. The van der Waals surface area contributed by atoms with Crippen LogP contribution in [0.25, 0.3) is 142 Å². The molecule has 0 atom stereocenters. The molecule has 70 heavy (non-hydrogen) atoms. The predicted molar refractivity (Wildman–Crippen MR) is 290 cm³/mol. The monoisotopic (exact) mass is 911 g/mol. The molecule has 0 amide bonds. The third kappa shape index (κ3) is 5.89. The zero-order chi connectivity index (χ0) is 45.9. The van der Waals surface area contributed by atoms with Crippen molar-refractivity contribution in [2.45, 2.75) is 0 Å². The highest BCUT2D eigenvalue weighted by molar-refractivity contribution is 7.26. The minimum atomic E-state index is 0.540. The van der Waals surface area contributed by atoms with E-state index in [2.05, 4.69) is 215 Å². The van der Waals surface area contributed by atoms with E-state index in [1.54, 1.807) is 0 Å². The molecule has 0 bridgehead atoms. The SMILES string of the molecule is c1cc(-c2cccc3c2sc2ccccc23)cc(-c2cccc3c4ccccc4n(-c4cccc(-c5nc(-c6ccc7c(c6)oc6ccccc67)nc(-n6c7ccccc7c7ccccc76)n5)c4)c23)c1. The lowest BCUT2D eigenvalue weighted by Gasteiger charge is -2.14. The summed E-state index contributed by atoms with van der Waals surface area (Å²) < 4.78 is 13.6. The Morgan fingerprint density at radius 3 is 1.66 bits per heavy atom. The molecule has 0 N–H and O–H groups in total. The molecule has 0 saturated heterocycles. The summed E-state index contributed by atoms with van der Waals surface area (Å²) in [4.78, 5) is 16.0. The van der Waals surface area contributed by atoms with E-state index < -0.39 is 0 Å². The number of fused-ring (bicyclic) bond motifs is 12. The fourth-order valence-electron chi connectivity index (χ4n) is 10.9. The summed E-state index contributed by atoms with van der Waals surface area (Å²) >= 11 is 1.87. The summed E-state index contributed by atoms with van der Waals surface area (Å²) in [5.41, 5.74) is 13.4. The molecule has 6 nitrogen and oxygen atoms in total. The summed E-state index contributed by atoms with van der Waals surface area (Å²) in [7, 11) is 0. The van der Waals surface area contributed by atoms with Crippen molar-refractivity contribution < 1.29 is 4.42 Å². The van der Waals surface area contributed by atoms with E-state index in [0.717, 1.165) is 82.7 Å². The largest absolute Gasteiger partial charge is 0.456 e. The van der Waals surface area contributed by atoms with E-state index in [4.69, 9.17) is 19.4 Å². The van der Waals surface area contributed by atoms with Crippen molar-refractivity contribution in [3.05, 3.63) is 224 Å². The molecule has 0 unspecified atom stereocenters. The highest BCUT2D eigenvalue weighted by Crippen LogP contribution is 2.43. The van der Waals surface area contributed by atoms with Gasteiger partial charge in [0.1, 0.15) is 11.2 Å². The second-order valence-electron chi connectivity index (χ2n) is 17.9. The van der Waals surface area contributed by atoms with Gasteiger partial charge in [0.05, 0.1) is 22.1 Å². The second kappa shape index (κ2) is 15.2. The van der Waals surface area contributed by atoms with Gasteiger partial charge >= 0.3 is 0 Å². The van der Waals surface area contributed by atoms with Crippen molar-refractivity contribution in [1.29, 1.82) is 0 Å². The molecule has 15 rings (SSSR count). The first-order valence-corrected chi connectivity index (χ1v) is 24.3.